The maximum atomic E-state index is 13.5. The average molecular weight is 268 g/mol. The van der Waals surface area contributed by atoms with Gasteiger partial charge in [0.25, 0.3) is 5.91 Å². The fraction of sp³-hybridized carbons (Fsp3) is 0. The molecule has 1 amide bonds. The first-order valence-electron chi connectivity index (χ1n) is 5.09. The van der Waals surface area contributed by atoms with E-state index in [1.807, 2.05) is 0 Å². The number of carbonyl (C=O) groups is 1. The van der Waals surface area contributed by atoms with Crippen LogP contribution in [-0.2, 0) is 0 Å². The molecule has 0 aromatic heterocycles. The number of hydrogen-bond donors (Lipinski definition) is 1. The number of halogens is 3. The molecule has 92 valence electrons. The fourth-order valence-electron chi connectivity index (χ4n) is 1.44. The maximum absolute atomic E-state index is 13.5. The van der Waals surface area contributed by atoms with E-state index in [1.165, 1.54) is 36.4 Å². The highest BCUT2D eigenvalue weighted by molar-refractivity contribution is 6.34. The Bertz CT molecular complexity index is 564. The largest absolute Gasteiger partial charge is 0.322 e. The van der Waals surface area contributed by atoms with Crippen molar-refractivity contribution in [3.63, 3.8) is 0 Å². The van der Waals surface area contributed by atoms with E-state index < -0.39 is 17.5 Å². The van der Waals surface area contributed by atoms with Crippen molar-refractivity contribution in [2.45, 2.75) is 0 Å². The lowest BCUT2D eigenvalue weighted by atomic mass is 10.2. The van der Waals surface area contributed by atoms with Gasteiger partial charge in [0.15, 0.2) is 0 Å². The second kappa shape index (κ2) is 5.14. The van der Waals surface area contributed by atoms with Crippen LogP contribution in [0.4, 0.5) is 14.5 Å². The van der Waals surface area contributed by atoms with Crippen LogP contribution in [0, 0.1) is 11.6 Å². The number of rotatable bonds is 2. The standard InChI is InChI=1S/C13H8ClF2NO/c14-10-2-1-3-11(16)12(10)13(18)17-9-6-4-8(15)5-7-9/h1-7H,(H,17,18). The molecular weight excluding hydrogens is 260 g/mol. The fourth-order valence-corrected chi connectivity index (χ4v) is 1.69. The number of benzene rings is 2. The van der Waals surface area contributed by atoms with Gasteiger partial charge in [-0.3, -0.25) is 4.79 Å². The highest BCUT2D eigenvalue weighted by Crippen LogP contribution is 2.20. The number of amides is 1. The summed E-state index contributed by atoms with van der Waals surface area (Å²) in [4.78, 5) is 11.8. The molecule has 18 heavy (non-hydrogen) atoms. The third kappa shape index (κ3) is 2.65. The summed E-state index contributed by atoms with van der Waals surface area (Å²) in [6.07, 6.45) is 0. The normalized spacial score (nSPS) is 10.2. The molecule has 0 saturated heterocycles. The molecule has 0 heterocycles. The molecule has 5 heteroatoms. The van der Waals surface area contributed by atoms with Crippen LogP contribution >= 0.6 is 11.6 Å². The Kier molecular flexibility index (Phi) is 3.58. The van der Waals surface area contributed by atoms with Gasteiger partial charge in [-0.2, -0.15) is 0 Å². The van der Waals surface area contributed by atoms with E-state index in [0.29, 0.717) is 5.69 Å². The van der Waals surface area contributed by atoms with Crippen molar-refractivity contribution in [1.29, 1.82) is 0 Å². The zero-order valence-corrected chi connectivity index (χ0v) is 9.84. The summed E-state index contributed by atoms with van der Waals surface area (Å²) >= 11 is 5.76. The first-order chi connectivity index (χ1) is 8.58. The van der Waals surface area contributed by atoms with E-state index in [-0.39, 0.29) is 10.6 Å². The number of nitrogens with one attached hydrogen (secondary N) is 1. The predicted molar refractivity (Wildman–Crippen MR) is 65.8 cm³/mol. The van der Waals surface area contributed by atoms with E-state index in [0.717, 1.165) is 6.07 Å². The van der Waals surface area contributed by atoms with Crippen molar-refractivity contribution in [3.05, 3.63) is 64.7 Å². The Balaban J connectivity index is 2.25. The van der Waals surface area contributed by atoms with Gasteiger partial charge < -0.3 is 5.32 Å². The Morgan fingerprint density at radius 2 is 1.72 bits per heavy atom. The summed E-state index contributed by atoms with van der Waals surface area (Å²) in [6.45, 7) is 0. The smallest absolute Gasteiger partial charge is 0.260 e. The second-order valence-electron chi connectivity index (χ2n) is 3.56. The van der Waals surface area contributed by atoms with Gasteiger partial charge in [0.05, 0.1) is 10.6 Å². The van der Waals surface area contributed by atoms with E-state index in [1.54, 1.807) is 0 Å². The zero-order valence-electron chi connectivity index (χ0n) is 9.08. The second-order valence-corrected chi connectivity index (χ2v) is 3.96. The molecular formula is C13H8ClF2NO. The van der Waals surface area contributed by atoms with Gasteiger partial charge in [0, 0.05) is 5.69 Å². The quantitative estimate of drug-likeness (QED) is 0.879. The molecule has 2 nitrogen and oxygen atoms in total. The molecule has 0 bridgehead atoms. The van der Waals surface area contributed by atoms with E-state index in [9.17, 15) is 13.6 Å². The van der Waals surface area contributed by atoms with Crippen molar-refractivity contribution in [2.75, 3.05) is 5.32 Å². The van der Waals surface area contributed by atoms with Gasteiger partial charge in [-0.25, -0.2) is 8.78 Å². The van der Waals surface area contributed by atoms with Gasteiger partial charge in [0.2, 0.25) is 0 Å². The SMILES string of the molecule is O=C(Nc1ccc(F)cc1)c1c(F)cccc1Cl. The summed E-state index contributed by atoms with van der Waals surface area (Å²) in [7, 11) is 0. The van der Waals surface area contributed by atoms with Crippen LogP contribution < -0.4 is 5.32 Å². The molecule has 0 aliphatic rings. The van der Waals surface area contributed by atoms with Crippen LogP contribution in [0.1, 0.15) is 10.4 Å². The molecule has 1 N–H and O–H groups in total. The molecule has 0 spiro atoms. The van der Waals surface area contributed by atoms with Crippen LogP contribution in [0.25, 0.3) is 0 Å². The minimum absolute atomic E-state index is 0.0228. The van der Waals surface area contributed by atoms with Crippen molar-refractivity contribution in [1.82, 2.24) is 0 Å². The minimum atomic E-state index is -0.706. The lowest BCUT2D eigenvalue weighted by molar-refractivity contribution is 0.102. The topological polar surface area (TPSA) is 29.1 Å². The van der Waals surface area contributed by atoms with E-state index in [2.05, 4.69) is 5.32 Å². The molecule has 2 rings (SSSR count). The van der Waals surface area contributed by atoms with Crippen molar-refractivity contribution >= 4 is 23.2 Å². The molecule has 0 aliphatic heterocycles. The number of carbonyl (C=O) groups excluding carboxylic acids is 1. The molecule has 0 saturated carbocycles. The first-order valence-corrected chi connectivity index (χ1v) is 5.46. The van der Waals surface area contributed by atoms with Crippen LogP contribution in [0.5, 0.6) is 0 Å². The summed E-state index contributed by atoms with van der Waals surface area (Å²) in [5.41, 5.74) is 0.129. The Morgan fingerprint density at radius 1 is 1.06 bits per heavy atom. The molecule has 0 fully saturated rings. The van der Waals surface area contributed by atoms with Crippen LogP contribution in [0.2, 0.25) is 5.02 Å². The Labute approximate surface area is 107 Å². The summed E-state index contributed by atoms with van der Waals surface area (Å²) < 4.78 is 26.1. The number of anilines is 1. The maximum Gasteiger partial charge on any atom is 0.260 e. The van der Waals surface area contributed by atoms with Gasteiger partial charge in [-0.15, -0.1) is 0 Å². The monoisotopic (exact) mass is 267 g/mol. The summed E-state index contributed by atoms with van der Waals surface area (Å²) in [6, 6.07) is 9.11. The van der Waals surface area contributed by atoms with E-state index in [4.69, 9.17) is 11.6 Å². The van der Waals surface area contributed by atoms with Crippen LogP contribution in [0.3, 0.4) is 0 Å². The van der Waals surface area contributed by atoms with Gasteiger partial charge in [-0.1, -0.05) is 17.7 Å². The molecule has 2 aromatic rings. The Morgan fingerprint density at radius 3 is 2.33 bits per heavy atom. The minimum Gasteiger partial charge on any atom is -0.322 e. The van der Waals surface area contributed by atoms with Gasteiger partial charge >= 0.3 is 0 Å². The zero-order chi connectivity index (χ0) is 13.1. The summed E-state index contributed by atoms with van der Waals surface area (Å²) in [5, 5.41) is 2.46. The molecule has 0 radical (unpaired) electrons. The molecule has 0 unspecified atom stereocenters. The molecule has 0 atom stereocenters. The highest BCUT2D eigenvalue weighted by atomic mass is 35.5. The van der Waals surface area contributed by atoms with Crippen LogP contribution in [-0.4, -0.2) is 5.91 Å². The van der Waals surface area contributed by atoms with Crippen molar-refractivity contribution in [3.8, 4) is 0 Å². The molecule has 0 aliphatic carbocycles. The van der Waals surface area contributed by atoms with Gasteiger partial charge in [0.1, 0.15) is 11.6 Å². The predicted octanol–water partition coefficient (Wildman–Crippen LogP) is 3.87. The lowest BCUT2D eigenvalue weighted by Gasteiger charge is -2.07. The molecule has 2 aromatic carbocycles. The van der Waals surface area contributed by atoms with Crippen LogP contribution in [0.15, 0.2) is 42.5 Å². The summed E-state index contributed by atoms with van der Waals surface area (Å²) in [5.74, 6) is -1.80. The third-order valence-electron chi connectivity index (χ3n) is 2.29. The number of hydrogen-bond acceptors (Lipinski definition) is 1. The highest BCUT2D eigenvalue weighted by Gasteiger charge is 2.15. The first kappa shape index (κ1) is 12.5. The van der Waals surface area contributed by atoms with E-state index >= 15 is 0 Å². The van der Waals surface area contributed by atoms with Crippen molar-refractivity contribution < 1.29 is 13.6 Å². The third-order valence-corrected chi connectivity index (χ3v) is 2.61. The van der Waals surface area contributed by atoms with Crippen molar-refractivity contribution in [2.24, 2.45) is 0 Å². The van der Waals surface area contributed by atoms with Gasteiger partial charge in [-0.05, 0) is 36.4 Å². The Hall–Kier alpha value is -1.94. The average Bonchev–Trinajstić information content (AvgIpc) is 2.32. The lowest BCUT2D eigenvalue weighted by Crippen LogP contribution is -2.14.